The van der Waals surface area contributed by atoms with Crippen LogP contribution in [0.15, 0.2) is 75.8 Å². The molecule has 0 aliphatic rings. The molecule has 0 fully saturated rings. The average molecular weight is 562 g/mol. The van der Waals surface area contributed by atoms with Gasteiger partial charge in [-0.05, 0) is 80.3 Å². The van der Waals surface area contributed by atoms with Gasteiger partial charge in [0.1, 0.15) is 17.3 Å². The number of unbranched alkanes of at least 4 members (excludes halogenated alkanes) is 11. The number of aryl methyl sites for hydroxylation is 1. The molecule has 0 spiro atoms. The molecule has 222 valence electrons. The number of rotatable bonds is 21. The molecule has 8 nitrogen and oxygen atoms in total. The van der Waals surface area contributed by atoms with Crippen LogP contribution in [0.4, 0.5) is 17.2 Å². The minimum Gasteiger partial charge on any atom is -0.494 e. The predicted octanol–water partition coefficient (Wildman–Crippen LogP) is 8.79. The van der Waals surface area contributed by atoms with Gasteiger partial charge < -0.3 is 15.2 Å². The fourth-order valence-corrected chi connectivity index (χ4v) is 4.48. The molecule has 0 amide bonds. The van der Waals surface area contributed by atoms with Crippen molar-refractivity contribution < 1.29 is 9.47 Å². The maximum atomic E-state index is 11.7. The molecule has 0 bridgehead atoms. The van der Waals surface area contributed by atoms with Crippen LogP contribution in [0.5, 0.6) is 11.5 Å². The molecular formula is C33H47N5O3. The lowest BCUT2D eigenvalue weighted by Crippen LogP contribution is -2.23. The molecule has 2 aromatic carbocycles. The lowest BCUT2D eigenvalue weighted by Gasteiger charge is -2.07. The summed E-state index contributed by atoms with van der Waals surface area (Å²) in [6.45, 7) is 4.26. The molecule has 0 atom stereocenters. The highest BCUT2D eigenvalue weighted by Gasteiger charge is 2.00. The first-order valence-corrected chi connectivity index (χ1v) is 15.3. The Hall–Kier alpha value is -3.68. The largest absolute Gasteiger partial charge is 0.494 e. The van der Waals surface area contributed by atoms with Crippen molar-refractivity contribution in [2.45, 2.75) is 96.9 Å². The summed E-state index contributed by atoms with van der Waals surface area (Å²) in [5, 5.41) is 8.66. The molecule has 0 saturated carbocycles. The first-order chi connectivity index (χ1) is 20.1. The Bertz CT molecular complexity index is 1190. The van der Waals surface area contributed by atoms with Crippen LogP contribution in [0.1, 0.15) is 90.4 Å². The minimum atomic E-state index is -0.306. The maximum Gasteiger partial charge on any atom is 0.349 e. The Balaban J connectivity index is 1.24. The second-order valence-corrected chi connectivity index (χ2v) is 10.5. The van der Waals surface area contributed by atoms with E-state index < -0.39 is 0 Å². The number of ether oxygens (including phenoxy) is 2. The molecule has 41 heavy (non-hydrogen) atoms. The Kier molecular flexibility index (Phi) is 15.1. The summed E-state index contributed by atoms with van der Waals surface area (Å²) in [4.78, 5) is 15.5. The Labute approximate surface area is 245 Å². The third kappa shape index (κ3) is 13.5. The topological polar surface area (TPSA) is 104 Å². The number of nitrogens with two attached hydrogens (primary N) is 1. The number of anilines is 1. The molecule has 3 rings (SSSR count). The van der Waals surface area contributed by atoms with Gasteiger partial charge in [0.05, 0.1) is 24.6 Å². The monoisotopic (exact) mass is 561 g/mol. The van der Waals surface area contributed by atoms with E-state index in [0.717, 1.165) is 55.2 Å². The van der Waals surface area contributed by atoms with Crippen molar-refractivity contribution in [1.29, 1.82) is 0 Å². The number of azo groups is 1. The number of benzene rings is 2. The van der Waals surface area contributed by atoms with E-state index in [-0.39, 0.29) is 11.5 Å². The first-order valence-electron chi connectivity index (χ1n) is 15.3. The van der Waals surface area contributed by atoms with Gasteiger partial charge in [-0.1, -0.05) is 64.7 Å². The van der Waals surface area contributed by atoms with Gasteiger partial charge >= 0.3 is 5.69 Å². The molecule has 0 saturated heterocycles. The van der Waals surface area contributed by atoms with Gasteiger partial charge in [-0.3, -0.25) is 4.57 Å². The van der Waals surface area contributed by atoms with Gasteiger partial charge in [0.15, 0.2) is 0 Å². The molecule has 3 aromatic rings. The number of hydrogen-bond donors (Lipinski definition) is 1. The molecule has 0 unspecified atom stereocenters. The van der Waals surface area contributed by atoms with Gasteiger partial charge in [0, 0.05) is 12.7 Å². The van der Waals surface area contributed by atoms with Crippen molar-refractivity contribution in [3.63, 3.8) is 0 Å². The van der Waals surface area contributed by atoms with Crippen LogP contribution in [0, 0.1) is 0 Å². The highest BCUT2D eigenvalue weighted by Crippen LogP contribution is 2.23. The number of nitrogens with zero attached hydrogens (tertiary/aromatic N) is 4. The van der Waals surface area contributed by atoms with Gasteiger partial charge in [-0.15, -0.1) is 0 Å². The van der Waals surface area contributed by atoms with Crippen LogP contribution in [0.25, 0.3) is 0 Å². The zero-order valence-electron chi connectivity index (χ0n) is 24.7. The van der Waals surface area contributed by atoms with Crippen LogP contribution in [0.2, 0.25) is 0 Å². The summed E-state index contributed by atoms with van der Waals surface area (Å²) in [5.41, 5.74) is 6.76. The van der Waals surface area contributed by atoms with Crippen molar-refractivity contribution in [3.05, 3.63) is 71.3 Å². The van der Waals surface area contributed by atoms with Crippen molar-refractivity contribution >= 4 is 17.2 Å². The van der Waals surface area contributed by atoms with E-state index in [2.05, 4.69) is 22.1 Å². The van der Waals surface area contributed by atoms with Crippen molar-refractivity contribution in [1.82, 2.24) is 9.55 Å². The second-order valence-electron chi connectivity index (χ2n) is 10.5. The van der Waals surface area contributed by atoms with Crippen LogP contribution in [-0.2, 0) is 6.54 Å². The Morgan fingerprint density at radius 1 is 0.659 bits per heavy atom. The van der Waals surface area contributed by atoms with E-state index >= 15 is 0 Å². The van der Waals surface area contributed by atoms with Gasteiger partial charge in [-0.2, -0.15) is 15.2 Å². The maximum absolute atomic E-state index is 11.7. The highest BCUT2D eigenvalue weighted by atomic mass is 16.5. The molecule has 0 aliphatic heterocycles. The SMILES string of the molecule is CCCCCCCCCCCCOc1ccc(N=Nc2ccc(OCCCCCn3ccc(N)nc3=O)cc2)cc1. The smallest absolute Gasteiger partial charge is 0.349 e. The van der Waals surface area contributed by atoms with Crippen LogP contribution < -0.4 is 20.9 Å². The summed E-state index contributed by atoms with van der Waals surface area (Å²) in [6.07, 6.45) is 17.6. The fourth-order valence-electron chi connectivity index (χ4n) is 4.48. The number of aromatic nitrogens is 2. The highest BCUT2D eigenvalue weighted by molar-refractivity contribution is 5.44. The molecule has 8 heteroatoms. The van der Waals surface area contributed by atoms with Crippen LogP contribution in [-0.4, -0.2) is 22.8 Å². The molecule has 1 aromatic heterocycles. The Morgan fingerprint density at radius 3 is 1.61 bits per heavy atom. The zero-order chi connectivity index (χ0) is 29.0. The summed E-state index contributed by atoms with van der Waals surface area (Å²) in [5.74, 6) is 1.92. The lowest BCUT2D eigenvalue weighted by atomic mass is 10.1. The molecule has 2 N–H and O–H groups in total. The van der Waals surface area contributed by atoms with E-state index in [1.54, 1.807) is 16.8 Å². The number of nitrogen functional groups attached to an aromatic ring is 1. The zero-order valence-corrected chi connectivity index (χ0v) is 24.7. The van der Waals surface area contributed by atoms with E-state index in [4.69, 9.17) is 15.2 Å². The summed E-state index contributed by atoms with van der Waals surface area (Å²) in [7, 11) is 0. The Morgan fingerprint density at radius 2 is 1.12 bits per heavy atom. The van der Waals surface area contributed by atoms with E-state index in [1.807, 2.05) is 48.5 Å². The van der Waals surface area contributed by atoms with Gasteiger partial charge in [-0.25, -0.2) is 4.79 Å². The third-order valence-electron chi connectivity index (χ3n) is 6.93. The fraction of sp³-hybridized carbons (Fsp3) is 0.515. The first kappa shape index (κ1) is 31.8. The predicted molar refractivity (Wildman–Crippen MR) is 167 cm³/mol. The molecule has 0 aliphatic carbocycles. The molecule has 0 radical (unpaired) electrons. The van der Waals surface area contributed by atoms with E-state index in [0.29, 0.717) is 13.2 Å². The number of hydrogen-bond acceptors (Lipinski definition) is 7. The normalized spacial score (nSPS) is 11.2. The molecule has 1 heterocycles. The minimum absolute atomic E-state index is 0.251. The van der Waals surface area contributed by atoms with Crippen molar-refractivity contribution in [3.8, 4) is 11.5 Å². The summed E-state index contributed by atoms with van der Waals surface area (Å²) < 4.78 is 13.3. The van der Waals surface area contributed by atoms with Gasteiger partial charge in [0.25, 0.3) is 0 Å². The van der Waals surface area contributed by atoms with Crippen molar-refractivity contribution in [2.24, 2.45) is 10.2 Å². The lowest BCUT2D eigenvalue weighted by molar-refractivity contribution is 0.303. The summed E-state index contributed by atoms with van der Waals surface area (Å²) >= 11 is 0. The molecular weight excluding hydrogens is 514 g/mol. The second kappa shape index (κ2) is 19.4. The third-order valence-corrected chi connectivity index (χ3v) is 6.93. The standard InChI is InChI=1S/C33H47N5O3/c1-2-3-4-5-6-7-8-9-10-13-26-40-30-19-15-28(16-20-30)36-37-29-17-21-31(22-18-29)41-27-14-11-12-24-38-25-23-32(34)35-33(38)39/h15-23,25H,2-14,24,26-27H2,1H3,(H2,34,35,39). The van der Waals surface area contributed by atoms with E-state index in [1.165, 1.54) is 57.8 Å². The average Bonchev–Trinajstić information content (AvgIpc) is 2.98. The van der Waals surface area contributed by atoms with Gasteiger partial charge in [0.2, 0.25) is 0 Å². The van der Waals surface area contributed by atoms with Crippen LogP contribution in [0.3, 0.4) is 0 Å². The summed E-state index contributed by atoms with van der Waals surface area (Å²) in [6, 6.07) is 17.0. The van der Waals surface area contributed by atoms with E-state index in [9.17, 15) is 4.79 Å². The quantitative estimate of drug-likeness (QED) is 0.103. The van der Waals surface area contributed by atoms with Crippen molar-refractivity contribution in [2.75, 3.05) is 18.9 Å². The van der Waals surface area contributed by atoms with Crippen LogP contribution >= 0.6 is 0 Å².